The summed E-state index contributed by atoms with van der Waals surface area (Å²) in [6.45, 7) is 2.28. The third-order valence-corrected chi connectivity index (χ3v) is 3.01. The second kappa shape index (κ2) is 4.76. The van der Waals surface area contributed by atoms with Gasteiger partial charge in [0.05, 0.1) is 12.3 Å². The monoisotopic (exact) mass is 272 g/mol. The third-order valence-electron chi connectivity index (χ3n) is 3.01. The number of nitrogens with one attached hydrogen (secondary N) is 1. The van der Waals surface area contributed by atoms with Gasteiger partial charge in [0.15, 0.2) is 5.69 Å². The maximum absolute atomic E-state index is 12.1. The van der Waals surface area contributed by atoms with Gasteiger partial charge < -0.3 is 10.1 Å². The fourth-order valence-electron chi connectivity index (χ4n) is 2.12. The predicted octanol–water partition coefficient (Wildman–Crippen LogP) is 0.687. The molecule has 1 aromatic heterocycles. The Bertz CT molecular complexity index is 693. The summed E-state index contributed by atoms with van der Waals surface area (Å²) < 4.78 is 6.27. The molecule has 1 aromatic carbocycles. The number of aromatic nitrogens is 3. The van der Waals surface area contributed by atoms with E-state index in [4.69, 9.17) is 4.74 Å². The van der Waals surface area contributed by atoms with Gasteiger partial charge in [-0.05, 0) is 18.6 Å². The van der Waals surface area contributed by atoms with Gasteiger partial charge in [0, 0.05) is 6.54 Å². The predicted molar refractivity (Wildman–Crippen MR) is 68.5 cm³/mol. The standard InChI is InChI=1S/C13H12N4O3/c1-2-20-13(19)10-11-12(18)14-7-8-5-3-4-6-9(8)17(11)16-15-10/h3-6H,2,7H2,1H3,(H,14,18). The van der Waals surface area contributed by atoms with E-state index in [0.29, 0.717) is 6.54 Å². The lowest BCUT2D eigenvalue weighted by Gasteiger charge is -2.04. The van der Waals surface area contributed by atoms with Crippen molar-refractivity contribution in [3.8, 4) is 5.69 Å². The van der Waals surface area contributed by atoms with Crippen LogP contribution in [0.4, 0.5) is 0 Å². The number of para-hydroxylation sites is 1. The van der Waals surface area contributed by atoms with Crippen LogP contribution in [0.2, 0.25) is 0 Å². The van der Waals surface area contributed by atoms with Gasteiger partial charge >= 0.3 is 5.97 Å². The molecule has 102 valence electrons. The molecule has 0 aliphatic carbocycles. The average molecular weight is 272 g/mol. The molecule has 7 nitrogen and oxygen atoms in total. The molecule has 1 N–H and O–H groups in total. The Morgan fingerprint density at radius 3 is 3.05 bits per heavy atom. The van der Waals surface area contributed by atoms with E-state index in [1.807, 2.05) is 24.3 Å². The molecule has 1 aliphatic heterocycles. The summed E-state index contributed by atoms with van der Waals surface area (Å²) in [5.74, 6) is -1.04. The molecule has 0 fully saturated rings. The number of ether oxygens (including phenoxy) is 1. The van der Waals surface area contributed by atoms with Gasteiger partial charge in [-0.3, -0.25) is 4.79 Å². The number of hydrogen-bond acceptors (Lipinski definition) is 5. The number of carbonyl (C=O) groups excluding carboxylic acids is 2. The van der Waals surface area contributed by atoms with Gasteiger partial charge in [-0.1, -0.05) is 23.4 Å². The Balaban J connectivity index is 2.18. The molecule has 0 saturated carbocycles. The van der Waals surface area contributed by atoms with Crippen LogP contribution in [-0.4, -0.2) is 33.5 Å². The zero-order valence-corrected chi connectivity index (χ0v) is 10.8. The van der Waals surface area contributed by atoms with E-state index in [1.54, 1.807) is 6.92 Å². The first-order valence-electron chi connectivity index (χ1n) is 6.21. The van der Waals surface area contributed by atoms with Crippen molar-refractivity contribution in [2.45, 2.75) is 13.5 Å². The highest BCUT2D eigenvalue weighted by atomic mass is 16.5. The molecule has 20 heavy (non-hydrogen) atoms. The van der Waals surface area contributed by atoms with E-state index < -0.39 is 11.9 Å². The van der Waals surface area contributed by atoms with Crippen LogP contribution >= 0.6 is 0 Å². The third kappa shape index (κ3) is 1.83. The normalized spacial score (nSPS) is 12.9. The van der Waals surface area contributed by atoms with Crippen molar-refractivity contribution in [1.29, 1.82) is 0 Å². The van der Waals surface area contributed by atoms with Gasteiger partial charge in [-0.2, -0.15) is 0 Å². The van der Waals surface area contributed by atoms with Crippen molar-refractivity contribution in [2.75, 3.05) is 6.61 Å². The first-order chi connectivity index (χ1) is 9.72. The first-order valence-corrected chi connectivity index (χ1v) is 6.21. The summed E-state index contributed by atoms with van der Waals surface area (Å²) in [4.78, 5) is 24.0. The Labute approximate surface area is 114 Å². The van der Waals surface area contributed by atoms with Crippen LogP contribution in [0.25, 0.3) is 5.69 Å². The quantitative estimate of drug-likeness (QED) is 0.813. The van der Waals surface area contributed by atoms with Crippen LogP contribution in [0.3, 0.4) is 0 Å². The summed E-state index contributed by atoms with van der Waals surface area (Å²) in [7, 11) is 0. The molecule has 2 aromatic rings. The topological polar surface area (TPSA) is 86.1 Å². The average Bonchev–Trinajstić information content (AvgIpc) is 2.84. The number of nitrogens with zero attached hydrogens (tertiary/aromatic N) is 3. The van der Waals surface area contributed by atoms with Gasteiger partial charge in [-0.25, -0.2) is 9.48 Å². The molecular weight excluding hydrogens is 260 g/mol. The highest BCUT2D eigenvalue weighted by Crippen LogP contribution is 2.20. The molecule has 0 saturated heterocycles. The number of hydrogen-bond donors (Lipinski definition) is 1. The van der Waals surface area contributed by atoms with Crippen molar-refractivity contribution >= 4 is 11.9 Å². The number of rotatable bonds is 2. The molecule has 1 aliphatic rings. The molecule has 0 atom stereocenters. The van der Waals surface area contributed by atoms with E-state index in [2.05, 4.69) is 15.6 Å². The summed E-state index contributed by atoms with van der Waals surface area (Å²) in [5.41, 5.74) is 1.67. The molecule has 3 rings (SSSR count). The minimum absolute atomic E-state index is 0.0685. The van der Waals surface area contributed by atoms with Crippen LogP contribution in [-0.2, 0) is 11.3 Å². The number of fused-ring (bicyclic) bond motifs is 3. The molecule has 1 amide bonds. The van der Waals surface area contributed by atoms with Gasteiger partial charge in [0.2, 0.25) is 5.69 Å². The SMILES string of the molecule is CCOC(=O)c1nnn2c1C(=O)NCc1ccccc1-2. The van der Waals surface area contributed by atoms with Crippen LogP contribution in [0.5, 0.6) is 0 Å². The maximum Gasteiger partial charge on any atom is 0.361 e. The van der Waals surface area contributed by atoms with Gasteiger partial charge in [0.1, 0.15) is 0 Å². The molecular formula is C13H12N4O3. The molecule has 7 heteroatoms. The summed E-state index contributed by atoms with van der Waals surface area (Å²) in [6, 6.07) is 7.42. The fourth-order valence-corrected chi connectivity index (χ4v) is 2.12. The van der Waals surface area contributed by atoms with E-state index in [0.717, 1.165) is 11.3 Å². The van der Waals surface area contributed by atoms with E-state index in [-0.39, 0.29) is 18.0 Å². The minimum Gasteiger partial charge on any atom is -0.461 e. The van der Waals surface area contributed by atoms with Crippen molar-refractivity contribution < 1.29 is 14.3 Å². The lowest BCUT2D eigenvalue weighted by atomic mass is 10.2. The number of esters is 1. The van der Waals surface area contributed by atoms with Crippen LogP contribution in [0.15, 0.2) is 24.3 Å². The highest BCUT2D eigenvalue weighted by Gasteiger charge is 2.29. The Morgan fingerprint density at radius 2 is 2.25 bits per heavy atom. The zero-order valence-electron chi connectivity index (χ0n) is 10.8. The number of carbonyl (C=O) groups is 2. The largest absolute Gasteiger partial charge is 0.461 e. The van der Waals surface area contributed by atoms with E-state index in [9.17, 15) is 9.59 Å². The lowest BCUT2D eigenvalue weighted by molar-refractivity contribution is 0.0515. The Morgan fingerprint density at radius 1 is 1.45 bits per heavy atom. The van der Waals surface area contributed by atoms with E-state index >= 15 is 0 Å². The number of benzene rings is 1. The Kier molecular flexibility index (Phi) is 2.94. The second-order valence-electron chi connectivity index (χ2n) is 4.23. The molecule has 0 bridgehead atoms. The fraction of sp³-hybridized carbons (Fsp3) is 0.231. The van der Waals surface area contributed by atoms with Crippen LogP contribution in [0, 0.1) is 0 Å². The molecule has 0 radical (unpaired) electrons. The molecule has 0 spiro atoms. The second-order valence-corrected chi connectivity index (χ2v) is 4.23. The summed E-state index contributed by atoms with van der Waals surface area (Å²) in [6.07, 6.45) is 0. The lowest BCUT2D eigenvalue weighted by Crippen LogP contribution is -2.24. The van der Waals surface area contributed by atoms with Crippen molar-refractivity contribution in [1.82, 2.24) is 20.3 Å². The smallest absolute Gasteiger partial charge is 0.361 e. The highest BCUT2D eigenvalue weighted by molar-refractivity contribution is 6.03. The Hall–Kier alpha value is -2.70. The molecule has 0 unspecified atom stereocenters. The maximum atomic E-state index is 12.1. The number of amides is 1. The van der Waals surface area contributed by atoms with Crippen LogP contribution < -0.4 is 5.32 Å². The first kappa shape index (κ1) is 12.3. The van der Waals surface area contributed by atoms with E-state index in [1.165, 1.54) is 4.68 Å². The minimum atomic E-state index is -0.650. The summed E-state index contributed by atoms with van der Waals surface area (Å²) >= 11 is 0. The van der Waals surface area contributed by atoms with Gasteiger partial charge in [-0.15, -0.1) is 5.10 Å². The summed E-state index contributed by atoms with van der Waals surface area (Å²) in [5, 5.41) is 10.4. The van der Waals surface area contributed by atoms with Crippen molar-refractivity contribution in [3.63, 3.8) is 0 Å². The molecule has 2 heterocycles. The zero-order chi connectivity index (χ0) is 14.1. The van der Waals surface area contributed by atoms with Crippen LogP contribution in [0.1, 0.15) is 33.5 Å². The van der Waals surface area contributed by atoms with Crippen molar-refractivity contribution in [2.24, 2.45) is 0 Å². The van der Waals surface area contributed by atoms with Crippen molar-refractivity contribution in [3.05, 3.63) is 41.2 Å². The van der Waals surface area contributed by atoms with Gasteiger partial charge in [0.25, 0.3) is 5.91 Å².